The van der Waals surface area contributed by atoms with E-state index in [1.54, 1.807) is 30.5 Å². The Hall–Kier alpha value is -3.48. The third kappa shape index (κ3) is 5.50. The lowest BCUT2D eigenvalue weighted by molar-refractivity contribution is 0.0601. The molecule has 0 aliphatic carbocycles. The largest absolute Gasteiger partial charge is 0.465 e. The highest BCUT2D eigenvalue weighted by atomic mass is 16.5. The lowest BCUT2D eigenvalue weighted by Gasteiger charge is -2.08. The predicted octanol–water partition coefficient (Wildman–Crippen LogP) is 3.45. The van der Waals surface area contributed by atoms with Gasteiger partial charge in [-0.3, -0.25) is 0 Å². The first-order chi connectivity index (χ1) is 13.2. The number of carbonyl (C=O) groups is 1. The van der Waals surface area contributed by atoms with Crippen LogP contribution in [0.5, 0.6) is 0 Å². The molecule has 0 aliphatic heterocycles. The first-order valence-electron chi connectivity index (χ1n) is 8.67. The van der Waals surface area contributed by atoms with Gasteiger partial charge < -0.3 is 15.4 Å². The first-order valence-corrected chi connectivity index (χ1v) is 8.67. The maximum absolute atomic E-state index is 11.5. The fourth-order valence-electron chi connectivity index (χ4n) is 2.53. The van der Waals surface area contributed by atoms with Gasteiger partial charge in [0.2, 0.25) is 5.95 Å². The van der Waals surface area contributed by atoms with Crippen molar-refractivity contribution < 1.29 is 9.53 Å². The van der Waals surface area contributed by atoms with Gasteiger partial charge in [0.15, 0.2) is 5.82 Å². The van der Waals surface area contributed by atoms with Gasteiger partial charge in [0.1, 0.15) is 0 Å². The molecule has 0 fully saturated rings. The van der Waals surface area contributed by atoms with Crippen molar-refractivity contribution in [1.82, 2.24) is 15.2 Å². The van der Waals surface area contributed by atoms with E-state index in [0.717, 1.165) is 25.1 Å². The molecule has 0 amide bonds. The van der Waals surface area contributed by atoms with E-state index >= 15 is 0 Å². The van der Waals surface area contributed by atoms with E-state index in [4.69, 9.17) is 0 Å². The number of aryl methyl sites for hydroxylation is 1. The Morgan fingerprint density at radius 2 is 1.85 bits per heavy atom. The summed E-state index contributed by atoms with van der Waals surface area (Å²) in [6.45, 7) is 0.758. The zero-order valence-corrected chi connectivity index (χ0v) is 15.1. The van der Waals surface area contributed by atoms with Crippen molar-refractivity contribution in [3.05, 3.63) is 71.9 Å². The van der Waals surface area contributed by atoms with Crippen molar-refractivity contribution in [1.29, 1.82) is 0 Å². The summed E-state index contributed by atoms with van der Waals surface area (Å²) in [5.74, 6) is 0.674. The van der Waals surface area contributed by atoms with Crippen LogP contribution in [0, 0.1) is 0 Å². The number of carbonyl (C=O) groups excluding carboxylic acids is 1. The van der Waals surface area contributed by atoms with Crippen molar-refractivity contribution in [3.8, 4) is 0 Å². The normalized spacial score (nSPS) is 10.3. The number of anilines is 3. The molecule has 2 N–H and O–H groups in total. The fourth-order valence-corrected chi connectivity index (χ4v) is 2.53. The molecule has 0 spiro atoms. The summed E-state index contributed by atoms with van der Waals surface area (Å²) in [6.07, 6.45) is 3.51. The van der Waals surface area contributed by atoms with E-state index < -0.39 is 0 Å². The minimum Gasteiger partial charge on any atom is -0.465 e. The number of nitrogens with zero attached hydrogens (tertiary/aromatic N) is 3. The molecule has 0 radical (unpaired) electrons. The molecule has 3 aromatic rings. The number of hydrogen-bond donors (Lipinski definition) is 2. The molecule has 1 heterocycles. The minimum atomic E-state index is -0.368. The lowest BCUT2D eigenvalue weighted by atomic mass is 10.1. The second-order valence-electron chi connectivity index (χ2n) is 5.88. The molecule has 0 aliphatic rings. The maximum atomic E-state index is 11.5. The minimum absolute atomic E-state index is 0.368. The Balaban J connectivity index is 1.51. The van der Waals surface area contributed by atoms with Crippen LogP contribution in [0.1, 0.15) is 22.3 Å². The molecule has 138 valence electrons. The summed E-state index contributed by atoms with van der Waals surface area (Å²) in [4.78, 5) is 15.9. The molecule has 2 aromatic carbocycles. The van der Waals surface area contributed by atoms with Crippen LogP contribution in [0.25, 0.3) is 0 Å². The number of nitrogens with one attached hydrogen (secondary N) is 2. The molecule has 0 unspecified atom stereocenters. The first kappa shape index (κ1) is 18.3. The van der Waals surface area contributed by atoms with Crippen LogP contribution < -0.4 is 10.6 Å². The molecule has 7 heteroatoms. The number of hydrogen-bond acceptors (Lipinski definition) is 7. The highest BCUT2D eigenvalue weighted by molar-refractivity contribution is 5.89. The van der Waals surface area contributed by atoms with Gasteiger partial charge >= 0.3 is 5.97 Å². The third-order valence-electron chi connectivity index (χ3n) is 3.91. The van der Waals surface area contributed by atoms with Gasteiger partial charge in [-0.15, -0.1) is 5.10 Å². The van der Waals surface area contributed by atoms with Gasteiger partial charge in [-0.05, 0) is 42.7 Å². The molecule has 1 aromatic heterocycles. The molecule has 27 heavy (non-hydrogen) atoms. The van der Waals surface area contributed by atoms with E-state index in [1.807, 2.05) is 18.2 Å². The smallest absolute Gasteiger partial charge is 0.337 e. The molecule has 0 bridgehead atoms. The van der Waals surface area contributed by atoms with Crippen LogP contribution in [0.2, 0.25) is 0 Å². The summed E-state index contributed by atoms with van der Waals surface area (Å²) in [5.41, 5.74) is 2.59. The van der Waals surface area contributed by atoms with Gasteiger partial charge in [-0.2, -0.15) is 10.1 Å². The summed E-state index contributed by atoms with van der Waals surface area (Å²) in [7, 11) is 1.36. The molecule has 0 saturated heterocycles. The van der Waals surface area contributed by atoms with E-state index in [0.29, 0.717) is 17.3 Å². The van der Waals surface area contributed by atoms with E-state index in [2.05, 4.69) is 42.7 Å². The van der Waals surface area contributed by atoms with Crippen LogP contribution in [0.4, 0.5) is 17.5 Å². The van der Waals surface area contributed by atoms with E-state index in [1.165, 1.54) is 12.7 Å². The number of esters is 1. The van der Waals surface area contributed by atoms with Crippen LogP contribution >= 0.6 is 0 Å². The summed E-state index contributed by atoms with van der Waals surface area (Å²) >= 11 is 0. The number of ether oxygens (including phenoxy) is 1. The Kier molecular flexibility index (Phi) is 6.30. The summed E-state index contributed by atoms with van der Waals surface area (Å²) in [6, 6.07) is 17.3. The van der Waals surface area contributed by atoms with Crippen molar-refractivity contribution in [2.45, 2.75) is 12.8 Å². The molecular weight excluding hydrogens is 342 g/mol. The zero-order chi connectivity index (χ0) is 18.9. The van der Waals surface area contributed by atoms with Gasteiger partial charge in [-0.1, -0.05) is 30.3 Å². The average Bonchev–Trinajstić information content (AvgIpc) is 2.72. The summed E-state index contributed by atoms with van der Waals surface area (Å²) < 4.78 is 4.69. The molecule has 7 nitrogen and oxygen atoms in total. The quantitative estimate of drug-likeness (QED) is 0.468. The van der Waals surface area contributed by atoms with E-state index in [-0.39, 0.29) is 5.97 Å². The topological polar surface area (TPSA) is 89.0 Å². The zero-order valence-electron chi connectivity index (χ0n) is 15.1. The average molecular weight is 363 g/mol. The monoisotopic (exact) mass is 363 g/mol. The Morgan fingerprint density at radius 1 is 1.07 bits per heavy atom. The van der Waals surface area contributed by atoms with E-state index in [9.17, 15) is 4.79 Å². The SMILES string of the molecule is COC(=O)c1ccc(Nc2cnnc(NCCCc3ccccc3)n2)cc1. The van der Waals surface area contributed by atoms with Crippen LogP contribution in [-0.2, 0) is 11.2 Å². The maximum Gasteiger partial charge on any atom is 0.337 e. The van der Waals surface area contributed by atoms with Gasteiger partial charge in [0.05, 0.1) is 18.9 Å². The third-order valence-corrected chi connectivity index (χ3v) is 3.91. The molecular formula is C20H21N5O2. The number of methoxy groups -OCH3 is 1. The standard InChI is InChI=1S/C20H21N5O2/c1-27-19(26)16-9-11-17(12-10-16)23-18-14-22-25-20(24-18)21-13-5-8-15-6-3-2-4-7-15/h2-4,6-7,9-12,14H,5,8,13H2,1H3,(H2,21,23,24,25). The van der Waals surface area contributed by atoms with Crippen LogP contribution in [-0.4, -0.2) is 34.8 Å². The Labute approximate surface area is 157 Å². The van der Waals surface area contributed by atoms with Crippen LogP contribution in [0.15, 0.2) is 60.8 Å². The van der Waals surface area contributed by atoms with Crippen LogP contribution in [0.3, 0.4) is 0 Å². The summed E-state index contributed by atoms with van der Waals surface area (Å²) in [5, 5.41) is 14.3. The highest BCUT2D eigenvalue weighted by Crippen LogP contribution is 2.16. The van der Waals surface area contributed by atoms with Crippen molar-refractivity contribution in [2.24, 2.45) is 0 Å². The number of rotatable bonds is 8. The van der Waals surface area contributed by atoms with Gasteiger partial charge in [0.25, 0.3) is 0 Å². The van der Waals surface area contributed by atoms with Gasteiger partial charge in [0, 0.05) is 12.2 Å². The fraction of sp³-hybridized carbons (Fsp3) is 0.200. The molecule has 3 rings (SSSR count). The second-order valence-corrected chi connectivity index (χ2v) is 5.88. The second kappa shape index (κ2) is 9.28. The Bertz CT molecular complexity index is 869. The van der Waals surface area contributed by atoms with Crippen molar-refractivity contribution >= 4 is 23.4 Å². The highest BCUT2D eigenvalue weighted by Gasteiger charge is 2.05. The lowest BCUT2D eigenvalue weighted by Crippen LogP contribution is -2.08. The number of aromatic nitrogens is 3. The molecule has 0 atom stereocenters. The van der Waals surface area contributed by atoms with Gasteiger partial charge in [-0.25, -0.2) is 4.79 Å². The van der Waals surface area contributed by atoms with Crippen molar-refractivity contribution in [2.75, 3.05) is 24.3 Å². The predicted molar refractivity (Wildman–Crippen MR) is 104 cm³/mol. The molecule has 0 saturated carbocycles. The van der Waals surface area contributed by atoms with Crippen molar-refractivity contribution in [3.63, 3.8) is 0 Å². The Morgan fingerprint density at radius 3 is 2.59 bits per heavy atom. The number of benzene rings is 2.